The number of nitrogens with one attached hydrogen (secondary N) is 1. The highest BCUT2D eigenvalue weighted by Crippen LogP contribution is 2.17. The lowest BCUT2D eigenvalue weighted by molar-refractivity contribution is -0.150. The molecular weight excluding hydrogens is 194 g/mol. The Morgan fingerprint density at radius 2 is 2.33 bits per heavy atom. The van der Waals surface area contributed by atoms with Crippen LogP contribution in [-0.4, -0.2) is 37.4 Å². The van der Waals surface area contributed by atoms with Crippen LogP contribution in [-0.2, 0) is 9.53 Å². The average Bonchev–Trinajstić information content (AvgIpc) is 2.19. The van der Waals surface area contributed by atoms with Crippen molar-refractivity contribution in [3.63, 3.8) is 0 Å². The van der Waals surface area contributed by atoms with Gasteiger partial charge in [-0.1, -0.05) is 0 Å². The van der Waals surface area contributed by atoms with E-state index in [1.54, 1.807) is 13.8 Å². The lowest BCUT2D eigenvalue weighted by atomic mass is 9.95. The van der Waals surface area contributed by atoms with Crippen LogP contribution >= 0.6 is 0 Å². The van der Waals surface area contributed by atoms with Crippen molar-refractivity contribution in [1.82, 2.24) is 5.32 Å². The van der Waals surface area contributed by atoms with Crippen LogP contribution in [0.2, 0.25) is 0 Å². The molecule has 15 heavy (non-hydrogen) atoms. The van der Waals surface area contributed by atoms with Crippen LogP contribution in [0.3, 0.4) is 0 Å². The topological polar surface area (TPSA) is 58.6 Å². The Balaban J connectivity index is 2.17. The van der Waals surface area contributed by atoms with Gasteiger partial charge in [0.25, 0.3) is 0 Å². The first kappa shape index (κ1) is 12.5. The normalized spacial score (nSPS) is 22.7. The van der Waals surface area contributed by atoms with Gasteiger partial charge < -0.3 is 15.2 Å². The van der Waals surface area contributed by atoms with Gasteiger partial charge in [-0.25, -0.2) is 0 Å². The first-order chi connectivity index (χ1) is 7.02. The molecule has 1 saturated heterocycles. The summed E-state index contributed by atoms with van der Waals surface area (Å²) in [6.07, 6.45) is 2.37. The third kappa shape index (κ3) is 4.18. The molecule has 0 spiro atoms. The van der Waals surface area contributed by atoms with Crippen molar-refractivity contribution in [1.29, 1.82) is 0 Å². The number of hydrogen-bond donors (Lipinski definition) is 2. The van der Waals surface area contributed by atoms with Crippen molar-refractivity contribution >= 4 is 5.97 Å². The van der Waals surface area contributed by atoms with Crippen molar-refractivity contribution in [2.45, 2.75) is 26.7 Å². The van der Waals surface area contributed by atoms with E-state index in [-0.39, 0.29) is 0 Å². The van der Waals surface area contributed by atoms with Crippen molar-refractivity contribution < 1.29 is 14.6 Å². The van der Waals surface area contributed by atoms with E-state index in [2.05, 4.69) is 5.32 Å². The molecule has 0 saturated carbocycles. The largest absolute Gasteiger partial charge is 0.481 e. The summed E-state index contributed by atoms with van der Waals surface area (Å²) in [6, 6.07) is 0. The summed E-state index contributed by atoms with van der Waals surface area (Å²) in [7, 11) is 0. The highest BCUT2D eigenvalue weighted by atomic mass is 16.5. The number of carboxylic acid groups (broad SMARTS) is 1. The van der Waals surface area contributed by atoms with Gasteiger partial charge in [0.05, 0.1) is 18.6 Å². The number of hydrogen-bond acceptors (Lipinski definition) is 3. The Morgan fingerprint density at radius 1 is 1.60 bits per heavy atom. The van der Waals surface area contributed by atoms with E-state index in [0.717, 1.165) is 13.1 Å². The summed E-state index contributed by atoms with van der Waals surface area (Å²) in [5.74, 6) is -0.257. The maximum Gasteiger partial charge on any atom is 0.311 e. The molecule has 4 heteroatoms. The minimum Gasteiger partial charge on any atom is -0.481 e. The van der Waals surface area contributed by atoms with Gasteiger partial charge in [-0.2, -0.15) is 0 Å². The maximum atomic E-state index is 10.8. The number of piperidine rings is 1. The monoisotopic (exact) mass is 215 g/mol. The first-order valence-corrected chi connectivity index (χ1v) is 5.54. The molecule has 1 aliphatic heterocycles. The van der Waals surface area contributed by atoms with Gasteiger partial charge in [0.1, 0.15) is 0 Å². The van der Waals surface area contributed by atoms with Gasteiger partial charge in [0, 0.05) is 6.54 Å². The Kier molecular flexibility index (Phi) is 4.54. The van der Waals surface area contributed by atoms with Gasteiger partial charge in [0.2, 0.25) is 0 Å². The van der Waals surface area contributed by atoms with E-state index in [9.17, 15) is 4.79 Å². The number of rotatable bonds is 5. The third-order valence-corrected chi connectivity index (χ3v) is 2.79. The van der Waals surface area contributed by atoms with E-state index in [1.165, 1.54) is 12.8 Å². The molecule has 88 valence electrons. The van der Waals surface area contributed by atoms with Gasteiger partial charge >= 0.3 is 5.97 Å². The zero-order valence-electron chi connectivity index (χ0n) is 9.58. The zero-order chi connectivity index (χ0) is 11.3. The first-order valence-electron chi connectivity index (χ1n) is 5.54. The van der Waals surface area contributed by atoms with Crippen LogP contribution in [0, 0.1) is 11.3 Å². The standard InChI is InChI=1S/C11H21NO3/c1-11(2,10(13)14)8-15-7-9-4-3-5-12-6-9/h9,12H,3-8H2,1-2H3,(H,13,14). The third-order valence-electron chi connectivity index (χ3n) is 2.79. The minimum absolute atomic E-state index is 0.291. The van der Waals surface area contributed by atoms with Crippen LogP contribution in [0.5, 0.6) is 0 Å². The molecule has 0 bridgehead atoms. The molecular formula is C11H21NO3. The van der Waals surface area contributed by atoms with Crippen LogP contribution in [0.1, 0.15) is 26.7 Å². The molecule has 2 N–H and O–H groups in total. The van der Waals surface area contributed by atoms with Crippen molar-refractivity contribution in [2.24, 2.45) is 11.3 Å². The summed E-state index contributed by atoms with van der Waals surface area (Å²) >= 11 is 0. The Hall–Kier alpha value is -0.610. The summed E-state index contributed by atoms with van der Waals surface area (Å²) in [6.45, 7) is 6.43. The Labute approximate surface area is 91.0 Å². The molecule has 0 aromatic rings. The fourth-order valence-electron chi connectivity index (χ4n) is 1.61. The van der Waals surface area contributed by atoms with E-state index in [1.807, 2.05) is 0 Å². The molecule has 0 amide bonds. The number of ether oxygens (including phenoxy) is 1. The van der Waals surface area contributed by atoms with Gasteiger partial charge in [-0.05, 0) is 39.2 Å². The zero-order valence-corrected chi connectivity index (χ0v) is 9.58. The molecule has 0 radical (unpaired) electrons. The highest BCUT2D eigenvalue weighted by Gasteiger charge is 2.27. The minimum atomic E-state index is -0.802. The molecule has 1 unspecified atom stereocenters. The highest BCUT2D eigenvalue weighted by molar-refractivity contribution is 5.73. The summed E-state index contributed by atoms with van der Waals surface area (Å²) < 4.78 is 5.48. The van der Waals surface area contributed by atoms with Crippen LogP contribution < -0.4 is 5.32 Å². The maximum absolute atomic E-state index is 10.8. The summed E-state index contributed by atoms with van der Waals surface area (Å²) in [5, 5.41) is 12.2. The van der Waals surface area contributed by atoms with Crippen molar-refractivity contribution in [2.75, 3.05) is 26.3 Å². The second-order valence-electron chi connectivity index (χ2n) is 4.92. The van der Waals surface area contributed by atoms with E-state index in [4.69, 9.17) is 9.84 Å². The molecule has 4 nitrogen and oxygen atoms in total. The summed E-state index contributed by atoms with van der Waals surface area (Å²) in [4.78, 5) is 10.8. The Bertz CT molecular complexity index is 210. The SMILES string of the molecule is CC(C)(COCC1CCCNC1)C(=O)O. The molecule has 1 heterocycles. The van der Waals surface area contributed by atoms with E-state index < -0.39 is 11.4 Å². The molecule has 1 aliphatic rings. The molecule has 0 aromatic heterocycles. The van der Waals surface area contributed by atoms with Crippen molar-refractivity contribution in [3.8, 4) is 0 Å². The molecule has 1 rings (SSSR count). The van der Waals surface area contributed by atoms with Gasteiger partial charge in [-0.3, -0.25) is 4.79 Å². The fourth-order valence-corrected chi connectivity index (χ4v) is 1.61. The molecule has 0 aromatic carbocycles. The van der Waals surface area contributed by atoms with E-state index >= 15 is 0 Å². The van der Waals surface area contributed by atoms with Gasteiger partial charge in [-0.15, -0.1) is 0 Å². The second kappa shape index (κ2) is 5.47. The average molecular weight is 215 g/mol. The summed E-state index contributed by atoms with van der Waals surface area (Å²) in [5.41, 5.74) is -0.776. The predicted molar refractivity (Wildman–Crippen MR) is 57.8 cm³/mol. The number of aliphatic carboxylic acids is 1. The van der Waals surface area contributed by atoms with Crippen molar-refractivity contribution in [3.05, 3.63) is 0 Å². The van der Waals surface area contributed by atoms with Crippen LogP contribution in [0.15, 0.2) is 0 Å². The van der Waals surface area contributed by atoms with Crippen LogP contribution in [0.4, 0.5) is 0 Å². The second-order valence-corrected chi connectivity index (χ2v) is 4.92. The smallest absolute Gasteiger partial charge is 0.311 e. The van der Waals surface area contributed by atoms with E-state index in [0.29, 0.717) is 19.1 Å². The quantitative estimate of drug-likeness (QED) is 0.721. The fraction of sp³-hybridized carbons (Fsp3) is 0.909. The molecule has 0 aliphatic carbocycles. The molecule has 1 fully saturated rings. The van der Waals surface area contributed by atoms with Crippen LogP contribution in [0.25, 0.3) is 0 Å². The number of carboxylic acids is 1. The lowest BCUT2D eigenvalue weighted by Crippen LogP contribution is -2.34. The van der Waals surface area contributed by atoms with Gasteiger partial charge in [0.15, 0.2) is 0 Å². The lowest BCUT2D eigenvalue weighted by Gasteiger charge is -2.25. The molecule has 1 atom stereocenters. The Morgan fingerprint density at radius 3 is 2.87 bits per heavy atom. The predicted octanol–water partition coefficient (Wildman–Crippen LogP) is 1.11. The number of carbonyl (C=O) groups is 1.